The molecule has 31 heavy (non-hydrogen) atoms. The molecule has 4 rings (SSSR count). The molecule has 2 heterocycles. The Hall–Kier alpha value is -3.16. The third-order valence-electron chi connectivity index (χ3n) is 5.28. The largest absolute Gasteiger partial charge is 0.336 e. The zero-order valence-corrected chi connectivity index (χ0v) is 18.8. The number of anilines is 1. The van der Waals surface area contributed by atoms with E-state index < -0.39 is 5.69 Å². The monoisotopic (exact) mass is 453 g/mol. The lowest BCUT2D eigenvalue weighted by atomic mass is 10.1. The van der Waals surface area contributed by atoms with E-state index in [0.29, 0.717) is 26.6 Å². The molecule has 4 aromatic rings. The van der Waals surface area contributed by atoms with Crippen LogP contribution in [0.1, 0.15) is 16.7 Å². The molecule has 158 valence electrons. The van der Waals surface area contributed by atoms with Crippen LogP contribution in [0.5, 0.6) is 0 Å². The van der Waals surface area contributed by atoms with Crippen LogP contribution in [-0.2, 0) is 11.3 Å². The summed E-state index contributed by atoms with van der Waals surface area (Å²) in [6.07, 6.45) is 0. The smallest absolute Gasteiger partial charge is 0.324 e. The van der Waals surface area contributed by atoms with Gasteiger partial charge in [-0.05, 0) is 73.2 Å². The van der Waals surface area contributed by atoms with E-state index in [1.54, 1.807) is 41.8 Å². The molecule has 8 heteroatoms. The lowest BCUT2D eigenvalue weighted by Gasteiger charge is -2.14. The zero-order valence-electron chi connectivity index (χ0n) is 17.2. The zero-order chi connectivity index (χ0) is 22.3. The van der Waals surface area contributed by atoms with Gasteiger partial charge in [0.15, 0.2) is 0 Å². The number of rotatable bonds is 4. The lowest BCUT2D eigenvalue weighted by molar-refractivity contribution is -0.116. The van der Waals surface area contributed by atoms with Crippen LogP contribution in [-0.4, -0.2) is 15.0 Å². The van der Waals surface area contributed by atoms with Gasteiger partial charge < -0.3 is 5.32 Å². The number of nitrogens with zero attached hydrogens (tertiary/aromatic N) is 2. The van der Waals surface area contributed by atoms with Crippen molar-refractivity contribution in [3.05, 3.63) is 90.4 Å². The van der Waals surface area contributed by atoms with E-state index in [1.165, 1.54) is 15.9 Å². The Morgan fingerprint density at radius 1 is 1.00 bits per heavy atom. The van der Waals surface area contributed by atoms with E-state index in [4.69, 9.17) is 11.6 Å². The molecule has 0 atom stereocenters. The van der Waals surface area contributed by atoms with Crippen LogP contribution in [0.4, 0.5) is 5.69 Å². The molecule has 0 bridgehead atoms. The fourth-order valence-electron chi connectivity index (χ4n) is 3.39. The number of carbonyl (C=O) groups is 1. The van der Waals surface area contributed by atoms with Gasteiger partial charge in [-0.2, -0.15) is 0 Å². The normalized spacial score (nSPS) is 11.1. The van der Waals surface area contributed by atoms with Crippen molar-refractivity contribution in [2.75, 3.05) is 5.32 Å². The predicted octanol–water partition coefficient (Wildman–Crippen LogP) is 4.43. The minimum atomic E-state index is -0.558. The summed E-state index contributed by atoms with van der Waals surface area (Å²) in [5.41, 5.74) is 3.44. The van der Waals surface area contributed by atoms with Gasteiger partial charge in [-0.15, -0.1) is 11.3 Å². The Balaban J connectivity index is 1.81. The highest BCUT2D eigenvalue weighted by molar-refractivity contribution is 7.17. The molecule has 0 spiro atoms. The van der Waals surface area contributed by atoms with Crippen LogP contribution in [0.2, 0.25) is 5.02 Å². The quantitative estimate of drug-likeness (QED) is 0.496. The number of carbonyl (C=O) groups excluding carboxylic acids is 1. The molecule has 2 aromatic carbocycles. The summed E-state index contributed by atoms with van der Waals surface area (Å²) in [5.74, 6) is -0.384. The van der Waals surface area contributed by atoms with Crippen molar-refractivity contribution in [1.29, 1.82) is 0 Å². The molecule has 2 aromatic heterocycles. The van der Waals surface area contributed by atoms with Crippen molar-refractivity contribution in [3.63, 3.8) is 0 Å². The Bertz CT molecular complexity index is 1450. The van der Waals surface area contributed by atoms with Crippen molar-refractivity contribution in [3.8, 4) is 5.69 Å². The molecule has 0 unspecified atom stereocenters. The average Bonchev–Trinajstić information content (AvgIpc) is 3.21. The number of amides is 1. The van der Waals surface area contributed by atoms with Crippen LogP contribution in [0, 0.1) is 20.8 Å². The van der Waals surface area contributed by atoms with Crippen LogP contribution in [0.15, 0.2) is 57.4 Å². The maximum Gasteiger partial charge on any atom is 0.336 e. The van der Waals surface area contributed by atoms with Gasteiger partial charge in [0, 0.05) is 10.7 Å². The number of hydrogen-bond donors (Lipinski definition) is 1. The summed E-state index contributed by atoms with van der Waals surface area (Å²) in [4.78, 5) is 39.2. The first-order valence-electron chi connectivity index (χ1n) is 9.63. The second kappa shape index (κ2) is 8.17. The number of fused-ring (bicyclic) bond motifs is 1. The first-order chi connectivity index (χ1) is 14.8. The van der Waals surface area contributed by atoms with E-state index in [1.807, 2.05) is 26.8 Å². The summed E-state index contributed by atoms with van der Waals surface area (Å²) >= 11 is 7.28. The summed E-state index contributed by atoms with van der Waals surface area (Å²) < 4.78 is 2.88. The molecule has 0 aliphatic carbocycles. The molecule has 0 radical (unpaired) electrons. The van der Waals surface area contributed by atoms with Crippen molar-refractivity contribution in [2.45, 2.75) is 27.3 Å². The van der Waals surface area contributed by atoms with Crippen LogP contribution in [0.25, 0.3) is 15.9 Å². The number of halogens is 1. The molecule has 1 N–H and O–H groups in total. The molecule has 1 amide bonds. The average molecular weight is 454 g/mol. The van der Waals surface area contributed by atoms with Gasteiger partial charge in [-0.25, -0.2) is 9.36 Å². The predicted molar refractivity (Wildman–Crippen MR) is 126 cm³/mol. The van der Waals surface area contributed by atoms with Crippen LogP contribution >= 0.6 is 22.9 Å². The molecule has 0 saturated heterocycles. The molecule has 6 nitrogen and oxygen atoms in total. The van der Waals surface area contributed by atoms with Crippen molar-refractivity contribution < 1.29 is 4.79 Å². The van der Waals surface area contributed by atoms with Gasteiger partial charge >= 0.3 is 5.69 Å². The summed E-state index contributed by atoms with van der Waals surface area (Å²) in [5, 5.41) is 5.05. The van der Waals surface area contributed by atoms with E-state index in [2.05, 4.69) is 5.32 Å². The van der Waals surface area contributed by atoms with Gasteiger partial charge in [0.1, 0.15) is 11.2 Å². The Labute approximate surface area is 187 Å². The third-order valence-corrected chi connectivity index (χ3v) is 6.41. The van der Waals surface area contributed by atoms with E-state index >= 15 is 0 Å². The highest BCUT2D eigenvalue weighted by Gasteiger charge is 2.18. The fraction of sp³-hybridized carbons (Fsp3) is 0.174. The van der Waals surface area contributed by atoms with Gasteiger partial charge in [0.2, 0.25) is 5.91 Å². The Kier molecular flexibility index (Phi) is 5.56. The third kappa shape index (κ3) is 3.94. The maximum absolute atomic E-state index is 13.3. The van der Waals surface area contributed by atoms with Gasteiger partial charge in [-0.3, -0.25) is 14.2 Å². The first-order valence-corrected chi connectivity index (χ1v) is 10.9. The van der Waals surface area contributed by atoms with Crippen LogP contribution in [0.3, 0.4) is 0 Å². The topological polar surface area (TPSA) is 73.1 Å². The van der Waals surface area contributed by atoms with Crippen molar-refractivity contribution in [2.24, 2.45) is 0 Å². The minimum Gasteiger partial charge on any atom is -0.324 e. The van der Waals surface area contributed by atoms with Crippen molar-refractivity contribution in [1.82, 2.24) is 9.13 Å². The Morgan fingerprint density at radius 2 is 1.74 bits per heavy atom. The number of nitrogens with one attached hydrogen (secondary N) is 1. The molecule has 0 saturated carbocycles. The highest BCUT2D eigenvalue weighted by Crippen LogP contribution is 2.21. The number of thiophene rings is 1. The number of aromatic nitrogens is 2. The van der Waals surface area contributed by atoms with E-state index in [9.17, 15) is 14.4 Å². The highest BCUT2D eigenvalue weighted by atomic mass is 35.5. The lowest BCUT2D eigenvalue weighted by Crippen LogP contribution is -2.40. The Morgan fingerprint density at radius 3 is 2.48 bits per heavy atom. The molecular formula is C23H20ClN3O3S. The number of aryl methyl sites for hydroxylation is 3. The van der Waals surface area contributed by atoms with Gasteiger partial charge in [0.05, 0.1) is 11.2 Å². The standard InChI is InChI=1S/C23H20ClN3O3S/c1-13-5-7-17(10-15(13)3)27-22(29)21-19(8-9-31-21)26(23(27)30)12-20(28)25-18-11-16(24)6-4-14(18)2/h4-11H,12H2,1-3H3,(H,25,28). The van der Waals surface area contributed by atoms with Crippen molar-refractivity contribution >= 4 is 44.7 Å². The molecular weight excluding hydrogens is 434 g/mol. The maximum atomic E-state index is 13.3. The molecule has 0 fully saturated rings. The first kappa shape index (κ1) is 21.1. The van der Waals surface area contributed by atoms with E-state index in [0.717, 1.165) is 21.3 Å². The van der Waals surface area contributed by atoms with Gasteiger partial charge in [0.25, 0.3) is 5.56 Å². The fourth-order valence-corrected chi connectivity index (χ4v) is 4.39. The summed E-state index contributed by atoms with van der Waals surface area (Å²) in [6.45, 7) is 5.51. The number of benzene rings is 2. The van der Waals surface area contributed by atoms with E-state index in [-0.39, 0.29) is 18.0 Å². The SMILES string of the molecule is Cc1ccc(-n2c(=O)c3sccc3n(CC(=O)Nc3cc(Cl)ccc3C)c2=O)cc1C. The minimum absolute atomic E-state index is 0.233. The van der Waals surface area contributed by atoms with Crippen LogP contribution < -0.4 is 16.6 Å². The molecule has 0 aliphatic heterocycles. The summed E-state index contributed by atoms with van der Waals surface area (Å²) in [7, 11) is 0. The number of hydrogen-bond acceptors (Lipinski definition) is 4. The summed E-state index contributed by atoms with van der Waals surface area (Å²) in [6, 6.07) is 12.3. The second-order valence-corrected chi connectivity index (χ2v) is 8.77. The second-order valence-electron chi connectivity index (χ2n) is 7.42. The van der Waals surface area contributed by atoms with Gasteiger partial charge in [-0.1, -0.05) is 23.7 Å². The molecule has 0 aliphatic rings.